The molecular formula is C16H24N2O. The van der Waals surface area contributed by atoms with Crippen molar-refractivity contribution in [2.45, 2.75) is 25.4 Å². The van der Waals surface area contributed by atoms with E-state index in [9.17, 15) is 0 Å². The maximum atomic E-state index is 5.53. The van der Waals surface area contributed by atoms with Gasteiger partial charge >= 0.3 is 0 Å². The molecule has 2 rings (SSSR count). The Morgan fingerprint density at radius 2 is 2.26 bits per heavy atom. The number of fused-ring (bicyclic) bond motifs is 1. The fraction of sp³-hybridized carbons (Fsp3) is 0.500. The Kier molecular flexibility index (Phi) is 6.08. The van der Waals surface area contributed by atoms with E-state index in [0.717, 1.165) is 45.7 Å². The van der Waals surface area contributed by atoms with Crippen molar-refractivity contribution in [1.29, 1.82) is 0 Å². The minimum Gasteiger partial charge on any atom is -0.380 e. The molecule has 1 heterocycles. The molecule has 104 valence electrons. The molecule has 0 spiro atoms. The molecular weight excluding hydrogens is 236 g/mol. The maximum absolute atomic E-state index is 5.53. The van der Waals surface area contributed by atoms with Crippen LogP contribution in [0.4, 0.5) is 0 Å². The largest absolute Gasteiger partial charge is 0.380 e. The molecule has 0 amide bonds. The number of hydrogen-bond acceptors (Lipinski definition) is 3. The van der Waals surface area contributed by atoms with Gasteiger partial charge in [-0.05, 0) is 30.5 Å². The van der Waals surface area contributed by atoms with Crippen LogP contribution in [0, 0.1) is 0 Å². The lowest BCUT2D eigenvalue weighted by Gasteiger charge is -2.19. The third-order valence-electron chi connectivity index (χ3n) is 3.46. The van der Waals surface area contributed by atoms with Crippen LogP contribution in [0.1, 0.15) is 30.0 Å². The molecule has 19 heavy (non-hydrogen) atoms. The van der Waals surface area contributed by atoms with E-state index in [-0.39, 0.29) is 0 Å². The number of benzene rings is 1. The molecule has 0 fully saturated rings. The van der Waals surface area contributed by atoms with Crippen LogP contribution >= 0.6 is 0 Å². The van der Waals surface area contributed by atoms with Crippen LogP contribution in [0.3, 0.4) is 0 Å². The van der Waals surface area contributed by atoms with Crippen molar-refractivity contribution in [1.82, 2.24) is 10.6 Å². The van der Waals surface area contributed by atoms with E-state index >= 15 is 0 Å². The minimum atomic E-state index is 0.439. The highest BCUT2D eigenvalue weighted by Crippen LogP contribution is 2.23. The van der Waals surface area contributed by atoms with Crippen molar-refractivity contribution in [2.24, 2.45) is 0 Å². The van der Waals surface area contributed by atoms with E-state index in [1.54, 1.807) is 0 Å². The van der Waals surface area contributed by atoms with Crippen LogP contribution in [0.15, 0.2) is 36.9 Å². The topological polar surface area (TPSA) is 33.3 Å². The Labute approximate surface area is 116 Å². The van der Waals surface area contributed by atoms with Crippen molar-refractivity contribution in [3.05, 3.63) is 48.0 Å². The molecule has 1 aromatic carbocycles. The van der Waals surface area contributed by atoms with Crippen LogP contribution in [0.25, 0.3) is 0 Å². The molecule has 1 unspecified atom stereocenters. The monoisotopic (exact) mass is 260 g/mol. The normalized spacial score (nSPS) is 18.6. The third-order valence-corrected chi connectivity index (χ3v) is 3.46. The lowest BCUT2D eigenvalue weighted by atomic mass is 9.99. The summed E-state index contributed by atoms with van der Waals surface area (Å²) in [6, 6.07) is 9.12. The summed E-state index contributed by atoms with van der Waals surface area (Å²) in [7, 11) is 0. The molecule has 1 atom stereocenters. The Balaban J connectivity index is 1.81. The minimum absolute atomic E-state index is 0.439. The van der Waals surface area contributed by atoms with Gasteiger partial charge in [0.25, 0.3) is 0 Å². The van der Waals surface area contributed by atoms with Gasteiger partial charge in [-0.2, -0.15) is 0 Å². The fourth-order valence-corrected chi connectivity index (χ4v) is 2.45. The van der Waals surface area contributed by atoms with Gasteiger partial charge in [-0.25, -0.2) is 0 Å². The third kappa shape index (κ3) is 4.46. The maximum Gasteiger partial charge on any atom is 0.0591 e. The lowest BCUT2D eigenvalue weighted by Crippen LogP contribution is -2.26. The number of ether oxygens (including phenoxy) is 1. The first-order valence-electron chi connectivity index (χ1n) is 7.12. The number of rotatable bonds is 7. The zero-order chi connectivity index (χ0) is 13.3. The second-order valence-corrected chi connectivity index (χ2v) is 4.86. The highest BCUT2D eigenvalue weighted by atomic mass is 16.5. The predicted molar refractivity (Wildman–Crippen MR) is 79.1 cm³/mol. The molecule has 0 saturated carbocycles. The molecule has 1 aliphatic heterocycles. The summed E-state index contributed by atoms with van der Waals surface area (Å²) in [5.41, 5.74) is 2.84. The van der Waals surface area contributed by atoms with E-state index in [0.29, 0.717) is 6.04 Å². The Bertz CT molecular complexity index is 392. The van der Waals surface area contributed by atoms with Crippen LogP contribution in [-0.2, 0) is 11.3 Å². The molecule has 2 N–H and O–H groups in total. The number of nitrogens with one attached hydrogen (secondary N) is 2. The number of hydrogen-bond donors (Lipinski definition) is 2. The van der Waals surface area contributed by atoms with Gasteiger partial charge in [0.15, 0.2) is 0 Å². The summed E-state index contributed by atoms with van der Waals surface area (Å²) in [5, 5.41) is 7.07. The van der Waals surface area contributed by atoms with Gasteiger partial charge in [0.1, 0.15) is 0 Å². The van der Waals surface area contributed by atoms with E-state index in [2.05, 4.69) is 41.5 Å². The highest BCUT2D eigenvalue weighted by Gasteiger charge is 2.16. The zero-order valence-corrected chi connectivity index (χ0v) is 11.5. The quantitative estimate of drug-likeness (QED) is 0.583. The Morgan fingerprint density at radius 3 is 3.16 bits per heavy atom. The van der Waals surface area contributed by atoms with Crippen LogP contribution in [-0.4, -0.2) is 26.3 Å². The standard InChI is InChI=1S/C16H24N2O/c1-2-3-11-19-12-10-18-16-8-9-17-13-14-6-4-5-7-15(14)16/h2,4-7,16-18H,1,3,8-13H2. The second kappa shape index (κ2) is 8.10. The molecule has 0 aromatic heterocycles. The van der Waals surface area contributed by atoms with Gasteiger partial charge in [-0.3, -0.25) is 0 Å². The van der Waals surface area contributed by atoms with Gasteiger partial charge in [-0.1, -0.05) is 30.3 Å². The zero-order valence-electron chi connectivity index (χ0n) is 11.5. The Morgan fingerprint density at radius 1 is 1.37 bits per heavy atom. The predicted octanol–water partition coefficient (Wildman–Crippen LogP) is 2.40. The first kappa shape index (κ1) is 14.3. The summed E-state index contributed by atoms with van der Waals surface area (Å²) in [6.07, 6.45) is 3.94. The van der Waals surface area contributed by atoms with Crippen molar-refractivity contribution in [2.75, 3.05) is 26.3 Å². The van der Waals surface area contributed by atoms with Crippen molar-refractivity contribution >= 4 is 0 Å². The van der Waals surface area contributed by atoms with Gasteiger partial charge < -0.3 is 15.4 Å². The molecule has 0 radical (unpaired) electrons. The molecule has 0 saturated heterocycles. The summed E-state index contributed by atoms with van der Waals surface area (Å²) in [6.45, 7) is 8.15. The lowest BCUT2D eigenvalue weighted by molar-refractivity contribution is 0.138. The summed E-state index contributed by atoms with van der Waals surface area (Å²) in [5.74, 6) is 0. The molecule has 1 aromatic rings. The van der Waals surface area contributed by atoms with Gasteiger partial charge in [-0.15, -0.1) is 6.58 Å². The molecule has 0 bridgehead atoms. The van der Waals surface area contributed by atoms with Crippen molar-refractivity contribution < 1.29 is 4.74 Å². The molecule has 3 nitrogen and oxygen atoms in total. The van der Waals surface area contributed by atoms with E-state index in [1.807, 2.05) is 6.08 Å². The van der Waals surface area contributed by atoms with E-state index < -0.39 is 0 Å². The molecule has 1 aliphatic rings. The van der Waals surface area contributed by atoms with E-state index in [4.69, 9.17) is 4.74 Å². The van der Waals surface area contributed by atoms with E-state index in [1.165, 1.54) is 11.1 Å². The summed E-state index contributed by atoms with van der Waals surface area (Å²) >= 11 is 0. The summed E-state index contributed by atoms with van der Waals surface area (Å²) < 4.78 is 5.53. The first-order valence-corrected chi connectivity index (χ1v) is 7.12. The summed E-state index contributed by atoms with van der Waals surface area (Å²) in [4.78, 5) is 0. The van der Waals surface area contributed by atoms with Crippen molar-refractivity contribution in [3.63, 3.8) is 0 Å². The smallest absolute Gasteiger partial charge is 0.0591 e. The van der Waals surface area contributed by atoms with Crippen LogP contribution < -0.4 is 10.6 Å². The highest BCUT2D eigenvalue weighted by molar-refractivity contribution is 5.30. The average Bonchev–Trinajstić information content (AvgIpc) is 2.65. The second-order valence-electron chi connectivity index (χ2n) is 4.86. The van der Waals surface area contributed by atoms with Crippen LogP contribution in [0.2, 0.25) is 0 Å². The van der Waals surface area contributed by atoms with Crippen LogP contribution in [0.5, 0.6) is 0 Å². The molecule has 0 aliphatic carbocycles. The molecule has 3 heteroatoms. The Hall–Kier alpha value is -1.16. The fourth-order valence-electron chi connectivity index (χ4n) is 2.45. The first-order chi connectivity index (χ1) is 9.42. The SMILES string of the molecule is C=CCCOCCNC1CCNCc2ccccc21. The van der Waals surface area contributed by atoms with Crippen molar-refractivity contribution in [3.8, 4) is 0 Å². The van der Waals surface area contributed by atoms with Gasteiger partial charge in [0, 0.05) is 19.1 Å². The van der Waals surface area contributed by atoms with Gasteiger partial charge in [0.2, 0.25) is 0 Å². The average molecular weight is 260 g/mol. The van der Waals surface area contributed by atoms with Gasteiger partial charge in [0.05, 0.1) is 13.2 Å².